The number of hydrogen-bond acceptors (Lipinski definition) is 0. The SMILES string of the molecule is CCCCCCCCCCC1CCC([C@H]2CC[C@H](CCCC)CC2)CC1. The molecule has 2 rings (SSSR count). The minimum Gasteiger partial charge on any atom is -0.0654 e. The van der Waals surface area contributed by atoms with Crippen molar-refractivity contribution in [3.63, 3.8) is 0 Å². The smallest absolute Gasteiger partial charge is 0.0386 e. The first-order chi connectivity index (χ1) is 12.8. The number of rotatable bonds is 13. The highest BCUT2D eigenvalue weighted by molar-refractivity contribution is 4.82. The van der Waals surface area contributed by atoms with Gasteiger partial charge in [0.25, 0.3) is 0 Å². The highest BCUT2D eigenvalue weighted by atomic mass is 14.4. The van der Waals surface area contributed by atoms with E-state index in [-0.39, 0.29) is 0 Å². The fraction of sp³-hybridized carbons (Fsp3) is 1.00. The molecule has 26 heavy (non-hydrogen) atoms. The monoisotopic (exact) mass is 362 g/mol. The fourth-order valence-corrected chi connectivity index (χ4v) is 5.96. The van der Waals surface area contributed by atoms with Crippen LogP contribution >= 0.6 is 0 Å². The largest absolute Gasteiger partial charge is 0.0654 e. The quantitative estimate of drug-likeness (QED) is 0.286. The Morgan fingerprint density at radius 2 is 0.808 bits per heavy atom. The van der Waals surface area contributed by atoms with Gasteiger partial charge in [-0.3, -0.25) is 0 Å². The maximum absolute atomic E-state index is 2.34. The first kappa shape index (κ1) is 22.3. The van der Waals surface area contributed by atoms with Gasteiger partial charge < -0.3 is 0 Å². The van der Waals surface area contributed by atoms with Crippen LogP contribution in [0.3, 0.4) is 0 Å². The maximum Gasteiger partial charge on any atom is -0.0386 e. The molecule has 2 saturated carbocycles. The van der Waals surface area contributed by atoms with E-state index in [9.17, 15) is 0 Å². The van der Waals surface area contributed by atoms with Crippen molar-refractivity contribution < 1.29 is 0 Å². The second-order valence-electron chi connectivity index (χ2n) is 9.97. The van der Waals surface area contributed by atoms with Crippen LogP contribution in [-0.2, 0) is 0 Å². The summed E-state index contributed by atoms with van der Waals surface area (Å²) in [7, 11) is 0. The molecule has 0 heteroatoms. The topological polar surface area (TPSA) is 0 Å². The Hall–Kier alpha value is 0. The molecule has 0 heterocycles. The first-order valence-corrected chi connectivity index (χ1v) is 12.8. The molecule has 0 bridgehead atoms. The van der Waals surface area contributed by atoms with Crippen LogP contribution in [0.15, 0.2) is 0 Å². The van der Waals surface area contributed by atoms with E-state index in [0.717, 1.165) is 23.7 Å². The molecule has 2 fully saturated rings. The zero-order valence-corrected chi connectivity index (χ0v) is 18.5. The molecule has 0 atom stereocenters. The van der Waals surface area contributed by atoms with Crippen LogP contribution in [-0.4, -0.2) is 0 Å². The summed E-state index contributed by atoms with van der Waals surface area (Å²) in [4.78, 5) is 0. The van der Waals surface area contributed by atoms with Crippen molar-refractivity contribution in [3.05, 3.63) is 0 Å². The second kappa shape index (κ2) is 14.1. The summed E-state index contributed by atoms with van der Waals surface area (Å²) in [6.07, 6.45) is 30.3. The Labute approximate surface area is 166 Å². The van der Waals surface area contributed by atoms with Crippen LogP contribution in [0.4, 0.5) is 0 Å². The van der Waals surface area contributed by atoms with Crippen LogP contribution in [0, 0.1) is 23.7 Å². The van der Waals surface area contributed by atoms with E-state index in [1.165, 1.54) is 70.6 Å². The van der Waals surface area contributed by atoms with Gasteiger partial charge in [-0.25, -0.2) is 0 Å². The van der Waals surface area contributed by atoms with Crippen molar-refractivity contribution in [2.24, 2.45) is 23.7 Å². The van der Waals surface area contributed by atoms with E-state index < -0.39 is 0 Å². The Bertz CT molecular complexity index is 304. The summed E-state index contributed by atoms with van der Waals surface area (Å²) < 4.78 is 0. The summed E-state index contributed by atoms with van der Waals surface area (Å²) in [5.74, 6) is 4.39. The zero-order valence-electron chi connectivity index (χ0n) is 18.5. The lowest BCUT2D eigenvalue weighted by molar-refractivity contribution is 0.139. The van der Waals surface area contributed by atoms with Gasteiger partial charge in [0.1, 0.15) is 0 Å². The molecule has 0 aromatic rings. The summed E-state index contributed by atoms with van der Waals surface area (Å²) in [6, 6.07) is 0. The van der Waals surface area contributed by atoms with Gasteiger partial charge in [0, 0.05) is 0 Å². The Morgan fingerprint density at radius 3 is 1.27 bits per heavy atom. The minimum absolute atomic E-state index is 1.09. The molecule has 0 saturated heterocycles. The fourth-order valence-electron chi connectivity index (χ4n) is 5.96. The molecule has 0 N–H and O–H groups in total. The van der Waals surface area contributed by atoms with Crippen LogP contribution in [0.5, 0.6) is 0 Å². The van der Waals surface area contributed by atoms with E-state index >= 15 is 0 Å². The predicted octanol–water partition coefficient (Wildman–Crippen LogP) is 9.32. The molecule has 0 amide bonds. The molecule has 0 aromatic carbocycles. The van der Waals surface area contributed by atoms with Crippen molar-refractivity contribution in [1.29, 1.82) is 0 Å². The summed E-state index contributed by atoms with van der Waals surface area (Å²) in [5.41, 5.74) is 0. The Balaban J connectivity index is 1.46. The Kier molecular flexibility index (Phi) is 12.1. The molecular weight excluding hydrogens is 312 g/mol. The van der Waals surface area contributed by atoms with Crippen molar-refractivity contribution in [1.82, 2.24) is 0 Å². The van der Waals surface area contributed by atoms with Crippen molar-refractivity contribution in [2.45, 2.75) is 142 Å². The molecule has 154 valence electrons. The lowest BCUT2D eigenvalue weighted by atomic mass is 9.68. The lowest BCUT2D eigenvalue weighted by Gasteiger charge is -2.38. The highest BCUT2D eigenvalue weighted by Gasteiger charge is 2.30. The molecule has 2 aliphatic carbocycles. The first-order valence-electron chi connectivity index (χ1n) is 12.8. The van der Waals surface area contributed by atoms with Crippen molar-refractivity contribution >= 4 is 0 Å². The average molecular weight is 363 g/mol. The Morgan fingerprint density at radius 1 is 0.423 bits per heavy atom. The lowest BCUT2D eigenvalue weighted by Crippen LogP contribution is -2.25. The normalized spacial score (nSPS) is 29.8. The predicted molar refractivity (Wildman–Crippen MR) is 118 cm³/mol. The third-order valence-electron chi connectivity index (χ3n) is 7.88. The molecule has 0 unspecified atom stereocenters. The van der Waals surface area contributed by atoms with Gasteiger partial charge in [0.2, 0.25) is 0 Å². The maximum atomic E-state index is 2.34. The molecule has 2 aliphatic rings. The summed E-state index contributed by atoms with van der Waals surface area (Å²) >= 11 is 0. The summed E-state index contributed by atoms with van der Waals surface area (Å²) in [5, 5.41) is 0. The standard InChI is InChI=1S/C26H50/c1-3-5-7-8-9-10-11-12-14-24-17-21-26(22-18-24)25-19-15-23(16-20-25)13-6-4-2/h23-26H,3-22H2,1-2H3/t23-,24?,25-,26?. The average Bonchev–Trinajstić information content (AvgIpc) is 2.69. The van der Waals surface area contributed by atoms with Gasteiger partial charge in [0.05, 0.1) is 0 Å². The van der Waals surface area contributed by atoms with Crippen LogP contribution in [0.25, 0.3) is 0 Å². The van der Waals surface area contributed by atoms with E-state index in [1.807, 2.05) is 0 Å². The van der Waals surface area contributed by atoms with Gasteiger partial charge in [-0.05, 0) is 49.4 Å². The van der Waals surface area contributed by atoms with Crippen LogP contribution in [0.2, 0.25) is 0 Å². The van der Waals surface area contributed by atoms with E-state index in [2.05, 4.69) is 13.8 Å². The third-order valence-corrected chi connectivity index (χ3v) is 7.88. The molecular formula is C26H50. The minimum atomic E-state index is 1.09. The molecule has 0 spiro atoms. The van der Waals surface area contributed by atoms with E-state index in [1.54, 1.807) is 57.8 Å². The van der Waals surface area contributed by atoms with Gasteiger partial charge in [0.15, 0.2) is 0 Å². The molecule has 0 nitrogen and oxygen atoms in total. The summed E-state index contributed by atoms with van der Waals surface area (Å²) in [6.45, 7) is 4.66. The molecule has 0 aliphatic heterocycles. The molecule has 0 aromatic heterocycles. The highest BCUT2D eigenvalue weighted by Crippen LogP contribution is 2.43. The number of hydrogen-bond donors (Lipinski definition) is 0. The van der Waals surface area contributed by atoms with Gasteiger partial charge in [-0.15, -0.1) is 0 Å². The molecule has 0 radical (unpaired) electrons. The van der Waals surface area contributed by atoms with Crippen LogP contribution < -0.4 is 0 Å². The van der Waals surface area contributed by atoms with E-state index in [0.29, 0.717) is 0 Å². The second-order valence-corrected chi connectivity index (χ2v) is 9.97. The zero-order chi connectivity index (χ0) is 18.5. The van der Waals surface area contributed by atoms with Crippen molar-refractivity contribution in [3.8, 4) is 0 Å². The van der Waals surface area contributed by atoms with Gasteiger partial charge in [-0.2, -0.15) is 0 Å². The third kappa shape index (κ3) is 8.79. The van der Waals surface area contributed by atoms with E-state index in [4.69, 9.17) is 0 Å². The van der Waals surface area contributed by atoms with Crippen molar-refractivity contribution in [2.75, 3.05) is 0 Å². The van der Waals surface area contributed by atoms with Crippen LogP contribution in [0.1, 0.15) is 142 Å². The number of unbranched alkanes of at least 4 members (excludes halogenated alkanes) is 8. The van der Waals surface area contributed by atoms with Gasteiger partial charge in [-0.1, -0.05) is 117 Å². The van der Waals surface area contributed by atoms with Gasteiger partial charge >= 0.3 is 0 Å².